The van der Waals surface area contributed by atoms with Gasteiger partial charge in [0.05, 0.1) is 13.2 Å². The predicted octanol–water partition coefficient (Wildman–Crippen LogP) is 5.18. The first kappa shape index (κ1) is 18.2. The van der Waals surface area contributed by atoms with Crippen LogP contribution in [0.4, 0.5) is 19.3 Å². The van der Waals surface area contributed by atoms with E-state index in [1.54, 1.807) is 18.1 Å². The number of anilines is 1. The van der Waals surface area contributed by atoms with Crippen molar-refractivity contribution < 1.29 is 18.3 Å². The summed E-state index contributed by atoms with van der Waals surface area (Å²) >= 11 is 0. The van der Waals surface area contributed by atoms with Crippen LogP contribution in [0.2, 0.25) is 0 Å². The third-order valence-electron chi connectivity index (χ3n) is 4.63. The van der Waals surface area contributed by atoms with Gasteiger partial charge >= 0.3 is 6.03 Å². The number of carbonyl (C=O) groups excluding carboxylic acids is 1. The van der Waals surface area contributed by atoms with Crippen molar-refractivity contribution in [3.63, 3.8) is 0 Å². The lowest BCUT2D eigenvalue weighted by atomic mass is 10.0. The Bertz CT molecular complexity index is 772. The minimum absolute atomic E-state index is 0.0308. The highest BCUT2D eigenvalue weighted by atomic mass is 19.3. The number of hydrogen-bond donors (Lipinski definition) is 1. The molecule has 1 aliphatic heterocycles. The molecular formula is C20H22F2N2O2. The van der Waals surface area contributed by atoms with Crippen molar-refractivity contribution in [3.05, 3.63) is 59.7 Å². The Morgan fingerprint density at radius 1 is 1.23 bits per heavy atom. The maximum absolute atomic E-state index is 13.5. The van der Waals surface area contributed by atoms with E-state index >= 15 is 0 Å². The van der Waals surface area contributed by atoms with E-state index in [1.807, 2.05) is 24.3 Å². The summed E-state index contributed by atoms with van der Waals surface area (Å²) in [7, 11) is 1.61. The maximum Gasteiger partial charge on any atom is 0.322 e. The van der Waals surface area contributed by atoms with Crippen molar-refractivity contribution in [3.8, 4) is 5.75 Å². The van der Waals surface area contributed by atoms with Crippen LogP contribution in [0.25, 0.3) is 0 Å². The zero-order valence-corrected chi connectivity index (χ0v) is 14.8. The molecule has 26 heavy (non-hydrogen) atoms. The topological polar surface area (TPSA) is 41.6 Å². The molecule has 1 aliphatic rings. The maximum atomic E-state index is 13.5. The van der Waals surface area contributed by atoms with Gasteiger partial charge in [-0.25, -0.2) is 13.6 Å². The first-order valence-corrected chi connectivity index (χ1v) is 8.58. The summed E-state index contributed by atoms with van der Waals surface area (Å²) in [4.78, 5) is 14.4. The van der Waals surface area contributed by atoms with E-state index in [0.29, 0.717) is 12.2 Å². The highest BCUT2D eigenvalue weighted by molar-refractivity contribution is 5.90. The molecule has 1 saturated heterocycles. The number of rotatable bonds is 4. The fraction of sp³-hybridized carbons (Fsp3) is 0.350. The van der Waals surface area contributed by atoms with E-state index in [0.717, 1.165) is 31.1 Å². The van der Waals surface area contributed by atoms with Crippen LogP contribution in [0.3, 0.4) is 0 Å². The molecule has 0 spiro atoms. The molecule has 1 N–H and O–H groups in total. The smallest absolute Gasteiger partial charge is 0.322 e. The second-order valence-electron chi connectivity index (χ2n) is 6.52. The number of urea groups is 1. The molecule has 0 bridgehead atoms. The van der Waals surface area contributed by atoms with E-state index in [9.17, 15) is 13.6 Å². The SMILES string of the molecule is COc1ccc([C@@H]2CCCN2C(=O)Nc2cccc(C(C)(F)F)c2)cc1. The van der Waals surface area contributed by atoms with Crippen LogP contribution in [0, 0.1) is 0 Å². The number of hydrogen-bond acceptors (Lipinski definition) is 2. The summed E-state index contributed by atoms with van der Waals surface area (Å²) in [5.41, 5.74) is 1.28. The van der Waals surface area contributed by atoms with Crippen molar-refractivity contribution in [2.24, 2.45) is 0 Å². The number of ether oxygens (including phenoxy) is 1. The average molecular weight is 360 g/mol. The lowest BCUT2D eigenvalue weighted by molar-refractivity contribution is 0.0175. The van der Waals surface area contributed by atoms with Crippen molar-refractivity contribution in [1.29, 1.82) is 0 Å². The van der Waals surface area contributed by atoms with Crippen molar-refractivity contribution in [2.45, 2.75) is 31.7 Å². The summed E-state index contributed by atoms with van der Waals surface area (Å²) < 4.78 is 32.1. The summed E-state index contributed by atoms with van der Waals surface area (Å²) in [5.74, 6) is -2.18. The quantitative estimate of drug-likeness (QED) is 0.817. The second kappa shape index (κ2) is 7.32. The van der Waals surface area contributed by atoms with Gasteiger partial charge in [-0.05, 0) is 42.7 Å². The monoisotopic (exact) mass is 360 g/mol. The number of carbonyl (C=O) groups is 1. The molecule has 6 heteroatoms. The summed E-state index contributed by atoms with van der Waals surface area (Å²) in [5, 5.41) is 2.75. The summed E-state index contributed by atoms with van der Waals surface area (Å²) in [6, 6.07) is 13.1. The number of halogens is 2. The summed E-state index contributed by atoms with van der Waals surface area (Å²) in [6.07, 6.45) is 1.77. The predicted molar refractivity (Wildman–Crippen MR) is 96.7 cm³/mol. The number of alkyl halides is 2. The molecule has 0 aromatic heterocycles. The molecule has 138 valence electrons. The number of nitrogens with zero attached hydrogens (tertiary/aromatic N) is 1. The molecule has 0 aliphatic carbocycles. The van der Waals surface area contributed by atoms with Crippen molar-refractivity contribution in [1.82, 2.24) is 4.90 Å². The van der Waals surface area contributed by atoms with Crippen LogP contribution < -0.4 is 10.1 Å². The zero-order chi connectivity index (χ0) is 18.7. The van der Waals surface area contributed by atoms with E-state index < -0.39 is 5.92 Å². The van der Waals surface area contributed by atoms with Gasteiger partial charge in [-0.3, -0.25) is 0 Å². The third kappa shape index (κ3) is 3.95. The van der Waals surface area contributed by atoms with E-state index in [4.69, 9.17) is 4.74 Å². The van der Waals surface area contributed by atoms with Gasteiger partial charge in [-0.2, -0.15) is 0 Å². The molecule has 0 saturated carbocycles. The third-order valence-corrected chi connectivity index (χ3v) is 4.63. The molecule has 2 aromatic rings. The van der Waals surface area contributed by atoms with Crippen molar-refractivity contribution in [2.75, 3.05) is 19.0 Å². The Labute approximate surface area is 151 Å². The Balaban J connectivity index is 1.74. The molecule has 4 nitrogen and oxygen atoms in total. The molecule has 2 amide bonds. The Morgan fingerprint density at radius 2 is 1.96 bits per heavy atom. The van der Waals surface area contributed by atoms with Gasteiger partial charge < -0.3 is 15.0 Å². The van der Waals surface area contributed by atoms with Gasteiger partial charge in [0.1, 0.15) is 5.75 Å². The molecule has 0 radical (unpaired) electrons. The largest absolute Gasteiger partial charge is 0.497 e. The fourth-order valence-electron chi connectivity index (χ4n) is 3.25. The van der Waals surface area contributed by atoms with Crippen LogP contribution >= 0.6 is 0 Å². The lowest BCUT2D eigenvalue weighted by Crippen LogP contribution is -2.34. The van der Waals surface area contributed by atoms with Gasteiger partial charge in [0.25, 0.3) is 5.92 Å². The van der Waals surface area contributed by atoms with Gasteiger partial charge in [0.2, 0.25) is 0 Å². The van der Waals surface area contributed by atoms with Gasteiger partial charge in [0.15, 0.2) is 0 Å². The highest BCUT2D eigenvalue weighted by Gasteiger charge is 2.30. The lowest BCUT2D eigenvalue weighted by Gasteiger charge is -2.25. The molecule has 3 rings (SSSR count). The van der Waals surface area contributed by atoms with Crippen molar-refractivity contribution >= 4 is 11.7 Å². The molecular weight excluding hydrogens is 338 g/mol. The Hall–Kier alpha value is -2.63. The minimum Gasteiger partial charge on any atom is -0.497 e. The minimum atomic E-state index is -2.94. The van der Waals surface area contributed by atoms with Crippen LogP contribution in [-0.4, -0.2) is 24.6 Å². The highest BCUT2D eigenvalue weighted by Crippen LogP contribution is 2.34. The molecule has 1 atom stereocenters. The van der Waals surface area contributed by atoms with Gasteiger partial charge in [-0.15, -0.1) is 0 Å². The van der Waals surface area contributed by atoms with Gasteiger partial charge in [0, 0.05) is 24.7 Å². The molecule has 1 heterocycles. The van der Waals surface area contributed by atoms with E-state index in [2.05, 4.69) is 5.32 Å². The first-order chi connectivity index (χ1) is 12.4. The van der Waals surface area contributed by atoms with E-state index in [1.165, 1.54) is 18.2 Å². The number of benzene rings is 2. The average Bonchev–Trinajstić information content (AvgIpc) is 3.11. The van der Waals surface area contributed by atoms with Crippen LogP contribution in [0.1, 0.15) is 36.9 Å². The number of amides is 2. The normalized spacial score (nSPS) is 17.2. The zero-order valence-electron chi connectivity index (χ0n) is 14.8. The Kier molecular flexibility index (Phi) is 5.11. The second-order valence-corrected chi connectivity index (χ2v) is 6.52. The van der Waals surface area contributed by atoms with Crippen LogP contribution in [0.5, 0.6) is 5.75 Å². The number of methoxy groups -OCH3 is 1. The standard InChI is InChI=1S/C20H22F2N2O2/c1-20(21,22)15-5-3-6-16(13-15)23-19(25)24-12-4-7-18(24)14-8-10-17(26-2)11-9-14/h3,5-6,8-11,13,18H,4,7,12H2,1-2H3,(H,23,25)/t18-/m0/s1. The van der Waals surface area contributed by atoms with Crippen LogP contribution in [-0.2, 0) is 5.92 Å². The Morgan fingerprint density at radius 3 is 2.62 bits per heavy atom. The molecule has 1 fully saturated rings. The first-order valence-electron chi connectivity index (χ1n) is 8.58. The number of nitrogens with one attached hydrogen (secondary N) is 1. The summed E-state index contributed by atoms with van der Waals surface area (Å²) in [6.45, 7) is 1.47. The van der Waals surface area contributed by atoms with E-state index in [-0.39, 0.29) is 17.6 Å². The molecule has 2 aromatic carbocycles. The number of likely N-dealkylation sites (tertiary alicyclic amines) is 1. The fourth-order valence-corrected chi connectivity index (χ4v) is 3.25. The van der Waals surface area contributed by atoms with Gasteiger partial charge in [-0.1, -0.05) is 24.3 Å². The van der Waals surface area contributed by atoms with Crippen LogP contribution in [0.15, 0.2) is 48.5 Å². The molecule has 0 unspecified atom stereocenters.